The highest BCUT2D eigenvalue weighted by atomic mass is 35.5. The second-order valence-corrected chi connectivity index (χ2v) is 5.27. The zero-order chi connectivity index (χ0) is 13.2. The molecule has 1 aromatic rings. The monoisotopic (exact) mass is 278 g/mol. The van der Waals surface area contributed by atoms with Gasteiger partial charge in [-0.25, -0.2) is 4.39 Å². The van der Waals surface area contributed by atoms with Crippen molar-refractivity contribution in [1.82, 2.24) is 0 Å². The summed E-state index contributed by atoms with van der Waals surface area (Å²) in [7, 11) is 0. The van der Waals surface area contributed by atoms with Crippen molar-refractivity contribution in [1.29, 1.82) is 0 Å². The van der Waals surface area contributed by atoms with Crippen LogP contribution in [0.5, 0.6) is 0 Å². The van der Waals surface area contributed by atoms with Crippen molar-refractivity contribution in [2.45, 2.75) is 25.8 Å². The molecule has 0 aliphatic rings. The highest BCUT2D eigenvalue weighted by Gasteiger charge is 2.18. The Kier molecular flexibility index (Phi) is 4.36. The van der Waals surface area contributed by atoms with E-state index in [4.69, 9.17) is 28.9 Å². The SMILES string of the molecule is CC(C)(N)CC(=O)Nc1c(Cl)cc(F)cc1Cl. The molecule has 0 radical (unpaired) electrons. The minimum absolute atomic E-state index is 0.0539. The Morgan fingerprint density at radius 1 is 1.41 bits per heavy atom. The summed E-state index contributed by atoms with van der Waals surface area (Å²) < 4.78 is 12.9. The molecule has 6 heteroatoms. The normalized spacial score (nSPS) is 11.4. The number of benzene rings is 1. The summed E-state index contributed by atoms with van der Waals surface area (Å²) >= 11 is 11.6. The fourth-order valence-electron chi connectivity index (χ4n) is 1.26. The van der Waals surface area contributed by atoms with Crippen LogP contribution in [0.3, 0.4) is 0 Å². The van der Waals surface area contributed by atoms with Crippen molar-refractivity contribution in [3.05, 3.63) is 28.0 Å². The van der Waals surface area contributed by atoms with Crippen LogP contribution in [0.4, 0.5) is 10.1 Å². The fourth-order valence-corrected chi connectivity index (χ4v) is 1.81. The van der Waals surface area contributed by atoms with Gasteiger partial charge >= 0.3 is 0 Å². The standard InChI is InChI=1S/C11H13Cl2FN2O/c1-11(2,15)5-9(17)16-10-7(12)3-6(14)4-8(10)13/h3-4H,5,15H2,1-2H3,(H,16,17). The Labute approximate surface area is 109 Å². The molecule has 94 valence electrons. The van der Waals surface area contributed by atoms with Gasteiger partial charge in [0.1, 0.15) is 5.82 Å². The van der Waals surface area contributed by atoms with Gasteiger partial charge in [-0.2, -0.15) is 0 Å². The maximum Gasteiger partial charge on any atom is 0.226 e. The fraction of sp³-hybridized carbons (Fsp3) is 0.364. The number of halogens is 3. The Hall–Kier alpha value is -0.840. The van der Waals surface area contributed by atoms with Crippen molar-refractivity contribution >= 4 is 34.8 Å². The summed E-state index contributed by atoms with van der Waals surface area (Å²) in [5, 5.41) is 2.62. The molecule has 0 saturated heterocycles. The molecule has 0 heterocycles. The molecule has 3 N–H and O–H groups in total. The lowest BCUT2D eigenvalue weighted by Gasteiger charge is -2.18. The first-order valence-corrected chi connectivity index (χ1v) is 5.68. The number of nitrogens with two attached hydrogens (primary N) is 1. The van der Waals surface area contributed by atoms with Crippen LogP contribution in [0.25, 0.3) is 0 Å². The van der Waals surface area contributed by atoms with Gasteiger partial charge in [-0.15, -0.1) is 0 Å². The quantitative estimate of drug-likeness (QED) is 0.892. The molecule has 0 spiro atoms. The number of hydrogen-bond donors (Lipinski definition) is 2. The molecular weight excluding hydrogens is 266 g/mol. The molecule has 0 aliphatic heterocycles. The van der Waals surface area contributed by atoms with Gasteiger partial charge in [0.25, 0.3) is 0 Å². The number of rotatable bonds is 3. The molecular formula is C11H13Cl2FN2O. The van der Waals surface area contributed by atoms with E-state index in [2.05, 4.69) is 5.32 Å². The third kappa shape index (κ3) is 4.50. The summed E-state index contributed by atoms with van der Waals surface area (Å²) in [4.78, 5) is 11.6. The summed E-state index contributed by atoms with van der Waals surface area (Å²) in [6.45, 7) is 3.45. The van der Waals surface area contributed by atoms with Crippen molar-refractivity contribution in [3.8, 4) is 0 Å². The van der Waals surface area contributed by atoms with Crippen molar-refractivity contribution in [2.75, 3.05) is 5.32 Å². The second-order valence-electron chi connectivity index (χ2n) is 4.46. The summed E-state index contributed by atoms with van der Waals surface area (Å²) in [6.07, 6.45) is 0.108. The van der Waals surface area contributed by atoms with Crippen LogP contribution in [0.15, 0.2) is 12.1 Å². The Morgan fingerprint density at radius 3 is 2.29 bits per heavy atom. The summed E-state index contributed by atoms with van der Waals surface area (Å²) in [5.41, 5.74) is 5.27. The smallest absolute Gasteiger partial charge is 0.226 e. The lowest BCUT2D eigenvalue weighted by molar-refractivity contribution is -0.117. The zero-order valence-electron chi connectivity index (χ0n) is 9.48. The van der Waals surface area contributed by atoms with Crippen molar-refractivity contribution in [3.63, 3.8) is 0 Å². The molecule has 1 rings (SSSR count). The molecule has 1 aromatic carbocycles. The van der Waals surface area contributed by atoms with E-state index < -0.39 is 11.4 Å². The molecule has 0 fully saturated rings. The van der Waals surface area contributed by atoms with Gasteiger partial charge in [0.2, 0.25) is 5.91 Å². The first kappa shape index (κ1) is 14.2. The minimum atomic E-state index is -0.636. The number of carbonyl (C=O) groups excluding carboxylic acids is 1. The maximum atomic E-state index is 12.9. The third-order valence-electron chi connectivity index (χ3n) is 1.89. The van der Waals surface area contributed by atoms with E-state index in [0.717, 1.165) is 12.1 Å². The van der Waals surface area contributed by atoms with E-state index in [1.807, 2.05) is 0 Å². The van der Waals surface area contributed by atoms with Gasteiger partial charge in [-0.3, -0.25) is 4.79 Å². The van der Waals surface area contributed by atoms with Crippen LogP contribution in [-0.4, -0.2) is 11.4 Å². The van der Waals surface area contributed by atoms with E-state index in [0.29, 0.717) is 0 Å². The predicted octanol–water partition coefficient (Wildman–Crippen LogP) is 3.20. The molecule has 17 heavy (non-hydrogen) atoms. The number of hydrogen-bond acceptors (Lipinski definition) is 2. The largest absolute Gasteiger partial charge is 0.325 e. The first-order chi connectivity index (χ1) is 7.69. The van der Waals surface area contributed by atoms with E-state index in [-0.39, 0.29) is 28.1 Å². The number of carbonyl (C=O) groups is 1. The summed E-state index contributed by atoms with van der Waals surface area (Å²) in [6, 6.07) is 2.16. The average molecular weight is 279 g/mol. The van der Waals surface area contributed by atoms with Crippen molar-refractivity contribution in [2.24, 2.45) is 5.73 Å². The molecule has 0 aromatic heterocycles. The Bertz CT molecular complexity index is 421. The van der Waals surface area contributed by atoms with Crippen molar-refractivity contribution < 1.29 is 9.18 Å². The lowest BCUT2D eigenvalue weighted by atomic mass is 10.0. The number of nitrogens with one attached hydrogen (secondary N) is 1. The Balaban J connectivity index is 2.86. The third-order valence-corrected chi connectivity index (χ3v) is 2.48. The molecule has 0 unspecified atom stereocenters. The topological polar surface area (TPSA) is 55.1 Å². The number of amides is 1. The molecule has 0 aliphatic carbocycles. The lowest BCUT2D eigenvalue weighted by Crippen LogP contribution is -2.36. The van der Waals surface area contributed by atoms with Gasteiger partial charge in [-0.05, 0) is 26.0 Å². The zero-order valence-corrected chi connectivity index (χ0v) is 11.0. The molecule has 0 saturated carbocycles. The van der Waals surface area contributed by atoms with E-state index >= 15 is 0 Å². The second kappa shape index (κ2) is 5.21. The van der Waals surface area contributed by atoms with Crippen LogP contribution < -0.4 is 11.1 Å². The minimum Gasteiger partial charge on any atom is -0.325 e. The van der Waals surface area contributed by atoms with Gasteiger partial charge in [0, 0.05) is 12.0 Å². The highest BCUT2D eigenvalue weighted by Crippen LogP contribution is 2.31. The molecule has 0 atom stereocenters. The average Bonchev–Trinajstić information content (AvgIpc) is 2.08. The van der Waals surface area contributed by atoms with Crippen LogP contribution in [0.2, 0.25) is 10.0 Å². The van der Waals surface area contributed by atoms with E-state index in [9.17, 15) is 9.18 Å². The maximum absolute atomic E-state index is 12.9. The predicted molar refractivity (Wildman–Crippen MR) is 67.9 cm³/mol. The molecule has 3 nitrogen and oxygen atoms in total. The molecule has 0 bridgehead atoms. The van der Waals surface area contributed by atoms with Crippen LogP contribution >= 0.6 is 23.2 Å². The van der Waals surface area contributed by atoms with Gasteiger partial charge in [-0.1, -0.05) is 23.2 Å². The van der Waals surface area contributed by atoms with Gasteiger partial charge < -0.3 is 11.1 Å². The van der Waals surface area contributed by atoms with Gasteiger partial charge in [0.15, 0.2) is 0 Å². The highest BCUT2D eigenvalue weighted by molar-refractivity contribution is 6.39. The summed E-state index contributed by atoms with van der Waals surface area (Å²) in [5.74, 6) is -0.884. The van der Waals surface area contributed by atoms with Crippen LogP contribution in [0.1, 0.15) is 20.3 Å². The van der Waals surface area contributed by atoms with E-state index in [1.54, 1.807) is 13.8 Å². The van der Waals surface area contributed by atoms with Crippen LogP contribution in [-0.2, 0) is 4.79 Å². The van der Waals surface area contributed by atoms with Crippen LogP contribution in [0, 0.1) is 5.82 Å². The number of anilines is 1. The first-order valence-electron chi connectivity index (χ1n) is 4.92. The molecule has 1 amide bonds. The van der Waals surface area contributed by atoms with Gasteiger partial charge in [0.05, 0.1) is 15.7 Å². The van der Waals surface area contributed by atoms with E-state index in [1.165, 1.54) is 0 Å². The Morgan fingerprint density at radius 2 is 1.88 bits per heavy atom.